The lowest BCUT2D eigenvalue weighted by molar-refractivity contribution is 0.101. The van der Waals surface area contributed by atoms with E-state index < -0.39 is 0 Å². The summed E-state index contributed by atoms with van der Waals surface area (Å²) in [4.78, 5) is 19.3. The van der Waals surface area contributed by atoms with Crippen LogP contribution in [0.5, 0.6) is 0 Å². The molecule has 5 nitrogen and oxygen atoms in total. The number of piperazine rings is 1. The Bertz CT molecular complexity index is 643. The molecule has 128 valence electrons. The van der Waals surface area contributed by atoms with E-state index in [0.717, 1.165) is 63.5 Å². The van der Waals surface area contributed by atoms with E-state index >= 15 is 0 Å². The number of nitrogens with zero attached hydrogens (tertiary/aromatic N) is 4. The number of anilines is 1. The van der Waals surface area contributed by atoms with Crippen LogP contribution in [0.15, 0.2) is 18.2 Å². The summed E-state index contributed by atoms with van der Waals surface area (Å²) in [7, 11) is 0. The summed E-state index contributed by atoms with van der Waals surface area (Å²) >= 11 is 0. The lowest BCUT2D eigenvalue weighted by atomic mass is 10.1. The first kappa shape index (κ1) is 16.9. The van der Waals surface area contributed by atoms with Gasteiger partial charge in [-0.15, -0.1) is 0 Å². The minimum absolute atomic E-state index is 0.0644. The highest BCUT2D eigenvalue weighted by Gasteiger charge is 2.31. The quantitative estimate of drug-likeness (QED) is 0.792. The third kappa shape index (κ3) is 3.45. The van der Waals surface area contributed by atoms with Crippen LogP contribution in [0.1, 0.15) is 36.2 Å². The van der Waals surface area contributed by atoms with Gasteiger partial charge in [-0.1, -0.05) is 6.92 Å². The maximum absolute atomic E-state index is 11.9. The Labute approximate surface area is 144 Å². The van der Waals surface area contributed by atoms with Crippen LogP contribution in [-0.4, -0.2) is 67.4 Å². The van der Waals surface area contributed by atoms with Crippen molar-refractivity contribution >= 4 is 11.5 Å². The van der Waals surface area contributed by atoms with Crippen molar-refractivity contribution in [2.24, 2.45) is 0 Å². The van der Waals surface area contributed by atoms with Crippen molar-refractivity contribution in [2.45, 2.75) is 26.3 Å². The zero-order valence-corrected chi connectivity index (χ0v) is 14.7. The largest absolute Gasteiger partial charge is 0.369 e. The van der Waals surface area contributed by atoms with E-state index in [1.54, 1.807) is 19.1 Å². The molecule has 0 amide bonds. The second-order valence-corrected chi connectivity index (χ2v) is 6.76. The van der Waals surface area contributed by atoms with E-state index in [-0.39, 0.29) is 5.78 Å². The van der Waals surface area contributed by atoms with E-state index in [0.29, 0.717) is 11.6 Å². The maximum atomic E-state index is 11.9. The number of carbonyl (C=O) groups excluding carboxylic acids is 1. The van der Waals surface area contributed by atoms with Gasteiger partial charge < -0.3 is 9.80 Å². The molecule has 3 rings (SSSR count). The van der Waals surface area contributed by atoms with Gasteiger partial charge in [0.25, 0.3) is 0 Å². The zero-order valence-electron chi connectivity index (χ0n) is 14.7. The van der Waals surface area contributed by atoms with Crippen molar-refractivity contribution in [1.82, 2.24) is 9.80 Å². The molecule has 2 saturated heterocycles. The molecule has 0 bridgehead atoms. The predicted molar refractivity (Wildman–Crippen MR) is 95.5 cm³/mol. The van der Waals surface area contributed by atoms with Crippen LogP contribution in [0, 0.1) is 11.3 Å². The number of ketones is 1. The third-order valence-corrected chi connectivity index (χ3v) is 5.38. The summed E-state index contributed by atoms with van der Waals surface area (Å²) in [6.07, 6.45) is 1.13. The fourth-order valence-corrected chi connectivity index (χ4v) is 3.86. The number of likely N-dealkylation sites (N-methyl/N-ethyl adjacent to an activating group) is 1. The Kier molecular flexibility index (Phi) is 5.17. The van der Waals surface area contributed by atoms with Crippen LogP contribution in [-0.2, 0) is 0 Å². The van der Waals surface area contributed by atoms with Crippen LogP contribution in [0.25, 0.3) is 0 Å². The molecule has 1 unspecified atom stereocenters. The standard InChI is InChI=1S/C19H26N4O/c1-3-21-8-10-22(11-9-21)17-6-7-23(14-17)19-12-16(13-20)4-5-18(19)15(2)24/h4-5,12,17H,3,6-11,14H2,1-2H3. The van der Waals surface area contributed by atoms with Crippen molar-refractivity contribution in [3.05, 3.63) is 29.3 Å². The molecule has 0 radical (unpaired) electrons. The summed E-state index contributed by atoms with van der Waals surface area (Å²) in [6.45, 7) is 11.4. The van der Waals surface area contributed by atoms with Gasteiger partial charge in [0.05, 0.1) is 11.6 Å². The number of Topliss-reactive ketones (excluding diaryl/α,β-unsaturated/α-hetero) is 1. The topological polar surface area (TPSA) is 50.6 Å². The molecular weight excluding hydrogens is 300 g/mol. The monoisotopic (exact) mass is 326 g/mol. The van der Waals surface area contributed by atoms with Crippen molar-refractivity contribution in [3.8, 4) is 6.07 Å². The molecule has 2 aliphatic rings. The Morgan fingerprint density at radius 3 is 2.62 bits per heavy atom. The smallest absolute Gasteiger partial charge is 0.161 e. The molecule has 24 heavy (non-hydrogen) atoms. The Morgan fingerprint density at radius 1 is 1.25 bits per heavy atom. The Balaban J connectivity index is 1.72. The average molecular weight is 326 g/mol. The molecular formula is C19H26N4O. The van der Waals surface area contributed by atoms with Crippen LogP contribution >= 0.6 is 0 Å². The lowest BCUT2D eigenvalue weighted by Crippen LogP contribution is -2.50. The molecule has 0 aromatic heterocycles. The van der Waals surface area contributed by atoms with E-state index in [1.807, 2.05) is 6.07 Å². The highest BCUT2D eigenvalue weighted by molar-refractivity contribution is 6.00. The summed E-state index contributed by atoms with van der Waals surface area (Å²) in [5, 5.41) is 9.17. The fraction of sp³-hybridized carbons (Fsp3) is 0.579. The van der Waals surface area contributed by atoms with Crippen molar-refractivity contribution in [3.63, 3.8) is 0 Å². The molecule has 2 heterocycles. The molecule has 0 spiro atoms. The van der Waals surface area contributed by atoms with Gasteiger partial charge in [0.2, 0.25) is 0 Å². The second-order valence-electron chi connectivity index (χ2n) is 6.76. The SMILES string of the molecule is CCN1CCN(C2CCN(c3cc(C#N)ccc3C(C)=O)C2)CC1. The van der Waals surface area contributed by atoms with Gasteiger partial charge in [-0.25, -0.2) is 0 Å². The maximum Gasteiger partial charge on any atom is 0.161 e. The molecule has 0 N–H and O–H groups in total. The summed E-state index contributed by atoms with van der Waals surface area (Å²) in [6, 6.07) is 8.14. The van der Waals surface area contributed by atoms with Crippen LogP contribution in [0.4, 0.5) is 5.69 Å². The number of hydrogen-bond acceptors (Lipinski definition) is 5. The van der Waals surface area contributed by atoms with Gasteiger partial charge >= 0.3 is 0 Å². The molecule has 2 aliphatic heterocycles. The minimum Gasteiger partial charge on any atom is -0.369 e. The van der Waals surface area contributed by atoms with Crippen LogP contribution < -0.4 is 4.90 Å². The van der Waals surface area contributed by atoms with Gasteiger partial charge in [-0.2, -0.15) is 5.26 Å². The second kappa shape index (κ2) is 7.33. The molecule has 0 saturated carbocycles. The van der Waals surface area contributed by atoms with Gasteiger partial charge in [-0.3, -0.25) is 9.69 Å². The molecule has 2 fully saturated rings. The minimum atomic E-state index is 0.0644. The van der Waals surface area contributed by atoms with Gasteiger partial charge in [0.15, 0.2) is 5.78 Å². The van der Waals surface area contributed by atoms with E-state index in [9.17, 15) is 10.1 Å². The van der Waals surface area contributed by atoms with E-state index in [2.05, 4.69) is 27.7 Å². The summed E-state index contributed by atoms with van der Waals surface area (Å²) < 4.78 is 0. The van der Waals surface area contributed by atoms with Gasteiger partial charge in [-0.05, 0) is 38.1 Å². The van der Waals surface area contributed by atoms with Gasteiger partial charge in [0, 0.05) is 56.6 Å². The van der Waals surface area contributed by atoms with Crippen LogP contribution in [0.2, 0.25) is 0 Å². The lowest BCUT2D eigenvalue weighted by Gasteiger charge is -2.37. The van der Waals surface area contributed by atoms with E-state index in [1.165, 1.54) is 0 Å². The molecule has 1 atom stereocenters. The number of rotatable bonds is 4. The predicted octanol–water partition coefficient (Wildman–Crippen LogP) is 1.98. The Morgan fingerprint density at radius 2 is 2.00 bits per heavy atom. The first-order valence-corrected chi connectivity index (χ1v) is 8.88. The number of carbonyl (C=O) groups is 1. The number of nitriles is 1. The zero-order chi connectivity index (χ0) is 17.1. The van der Waals surface area contributed by atoms with Crippen molar-refractivity contribution in [2.75, 3.05) is 50.7 Å². The average Bonchev–Trinajstić information content (AvgIpc) is 3.11. The molecule has 1 aromatic rings. The number of hydrogen-bond donors (Lipinski definition) is 0. The summed E-state index contributed by atoms with van der Waals surface area (Å²) in [5.41, 5.74) is 2.27. The number of benzene rings is 1. The van der Waals surface area contributed by atoms with Crippen molar-refractivity contribution in [1.29, 1.82) is 5.26 Å². The molecule has 5 heteroatoms. The van der Waals surface area contributed by atoms with Crippen LogP contribution in [0.3, 0.4) is 0 Å². The first-order valence-electron chi connectivity index (χ1n) is 8.88. The van der Waals surface area contributed by atoms with Gasteiger partial charge in [0.1, 0.15) is 0 Å². The molecule has 0 aliphatic carbocycles. The summed E-state index contributed by atoms with van der Waals surface area (Å²) in [5.74, 6) is 0.0644. The fourth-order valence-electron chi connectivity index (χ4n) is 3.86. The van der Waals surface area contributed by atoms with Crippen molar-refractivity contribution < 1.29 is 4.79 Å². The Hall–Kier alpha value is -1.90. The highest BCUT2D eigenvalue weighted by atomic mass is 16.1. The van der Waals surface area contributed by atoms with E-state index in [4.69, 9.17) is 0 Å². The third-order valence-electron chi connectivity index (χ3n) is 5.38. The molecule has 1 aromatic carbocycles. The normalized spacial score (nSPS) is 22.5. The first-order chi connectivity index (χ1) is 11.6. The highest BCUT2D eigenvalue weighted by Crippen LogP contribution is 2.28.